The molecule has 0 saturated carbocycles. The summed E-state index contributed by atoms with van der Waals surface area (Å²) in [6, 6.07) is 17.2. The van der Waals surface area contributed by atoms with Gasteiger partial charge in [0.1, 0.15) is 22.3 Å². The van der Waals surface area contributed by atoms with Crippen LogP contribution in [0.2, 0.25) is 0 Å². The molecule has 0 aliphatic carbocycles. The molecular weight excluding hydrogens is 434 g/mol. The third-order valence-corrected chi connectivity index (χ3v) is 5.94. The van der Waals surface area contributed by atoms with Crippen molar-refractivity contribution in [3.8, 4) is 17.1 Å². The van der Waals surface area contributed by atoms with Gasteiger partial charge in [0.05, 0.1) is 22.8 Å². The first-order chi connectivity index (χ1) is 15.0. The van der Waals surface area contributed by atoms with E-state index >= 15 is 0 Å². The van der Waals surface area contributed by atoms with Crippen molar-refractivity contribution in [1.82, 2.24) is 0 Å². The Morgan fingerprint density at radius 3 is 2.48 bits per heavy atom. The van der Waals surface area contributed by atoms with Gasteiger partial charge in [-0.3, -0.25) is 9.69 Å². The van der Waals surface area contributed by atoms with Crippen molar-refractivity contribution in [3.05, 3.63) is 76.9 Å². The predicted octanol–water partition coefficient (Wildman–Crippen LogP) is 6.09. The number of carbonyl (C=O) groups is 2. The first-order valence-electron chi connectivity index (χ1n) is 9.40. The summed E-state index contributed by atoms with van der Waals surface area (Å²) in [7, 11) is 0. The maximum absolute atomic E-state index is 12.6. The van der Waals surface area contributed by atoms with Crippen LogP contribution in [-0.2, 0) is 0 Å². The fourth-order valence-corrected chi connectivity index (χ4v) is 4.30. The summed E-state index contributed by atoms with van der Waals surface area (Å²) in [4.78, 5) is 26.1. The largest absolute Gasteiger partial charge is 0.494 e. The molecule has 0 spiro atoms. The van der Waals surface area contributed by atoms with Crippen molar-refractivity contribution in [2.75, 3.05) is 11.5 Å². The van der Waals surface area contributed by atoms with Crippen molar-refractivity contribution in [3.63, 3.8) is 0 Å². The van der Waals surface area contributed by atoms with Crippen LogP contribution >= 0.6 is 24.0 Å². The minimum atomic E-state index is -0.982. The first kappa shape index (κ1) is 20.9. The summed E-state index contributed by atoms with van der Waals surface area (Å²) in [5, 5.41) is 8.83. The van der Waals surface area contributed by atoms with Gasteiger partial charge < -0.3 is 14.3 Å². The van der Waals surface area contributed by atoms with Gasteiger partial charge in [-0.1, -0.05) is 24.4 Å². The molecule has 4 rings (SSSR count). The highest BCUT2D eigenvalue weighted by Crippen LogP contribution is 2.37. The van der Waals surface area contributed by atoms with Crippen LogP contribution in [0.4, 0.5) is 10.5 Å². The lowest BCUT2D eigenvalue weighted by molar-refractivity contribution is 0.0697. The molecule has 0 unspecified atom stereocenters. The summed E-state index contributed by atoms with van der Waals surface area (Å²) in [6.45, 7) is 2.48. The van der Waals surface area contributed by atoms with Gasteiger partial charge in [0, 0.05) is 5.56 Å². The smallest absolute Gasteiger partial charge is 0.335 e. The number of aromatic carboxylic acids is 1. The Hall–Kier alpha value is -3.36. The molecule has 2 heterocycles. The Labute approximate surface area is 188 Å². The number of nitrogens with zero attached hydrogens (tertiary/aromatic N) is 1. The standard InChI is InChI=1S/C23H17NO5S2/c1-2-28-17-9-7-16(8-10-17)24-21(30)20(31-23(24)27)13-18-11-12-19(29-18)14-3-5-15(6-4-14)22(25)26/h3-13H,2H2,1H3,(H,25,26). The average molecular weight is 452 g/mol. The minimum absolute atomic E-state index is 0.184. The zero-order valence-corrected chi connectivity index (χ0v) is 18.0. The molecule has 1 aliphatic heterocycles. The number of carboxylic acid groups (broad SMARTS) is 1. The van der Waals surface area contributed by atoms with E-state index in [9.17, 15) is 9.59 Å². The van der Waals surface area contributed by atoms with Crippen LogP contribution in [0.5, 0.6) is 5.75 Å². The molecule has 156 valence electrons. The van der Waals surface area contributed by atoms with Crippen LogP contribution in [-0.4, -0.2) is 27.9 Å². The number of anilines is 1. The second kappa shape index (κ2) is 8.79. The summed E-state index contributed by atoms with van der Waals surface area (Å²) in [6.07, 6.45) is 1.73. The Morgan fingerprint density at radius 1 is 1.13 bits per heavy atom. The van der Waals surface area contributed by atoms with Crippen LogP contribution in [0.15, 0.2) is 70.0 Å². The number of carbonyl (C=O) groups excluding carboxylic acids is 1. The monoisotopic (exact) mass is 451 g/mol. The molecule has 0 bridgehead atoms. The maximum Gasteiger partial charge on any atom is 0.335 e. The normalized spacial score (nSPS) is 15.0. The Morgan fingerprint density at radius 2 is 1.84 bits per heavy atom. The lowest BCUT2D eigenvalue weighted by Gasteiger charge is -2.15. The zero-order chi connectivity index (χ0) is 22.0. The van der Waals surface area contributed by atoms with Crippen molar-refractivity contribution >= 4 is 51.9 Å². The van der Waals surface area contributed by atoms with Crippen LogP contribution in [0.25, 0.3) is 17.4 Å². The lowest BCUT2D eigenvalue weighted by atomic mass is 10.1. The van der Waals surface area contributed by atoms with E-state index in [1.807, 2.05) is 6.92 Å². The Bertz CT molecular complexity index is 1180. The van der Waals surface area contributed by atoms with Crippen LogP contribution in [0.3, 0.4) is 0 Å². The SMILES string of the molecule is CCOc1ccc(N2C(=O)SC(=Cc3ccc(-c4ccc(C(=O)O)cc4)o3)C2=S)cc1. The Kier molecular flexibility index (Phi) is 5.92. The summed E-state index contributed by atoms with van der Waals surface area (Å²) in [5.41, 5.74) is 1.63. The molecule has 1 aromatic heterocycles. The van der Waals surface area contributed by atoms with E-state index < -0.39 is 5.97 Å². The molecule has 1 amide bonds. The van der Waals surface area contributed by atoms with Gasteiger partial charge in [0.2, 0.25) is 0 Å². The predicted molar refractivity (Wildman–Crippen MR) is 125 cm³/mol. The van der Waals surface area contributed by atoms with Gasteiger partial charge >= 0.3 is 5.97 Å². The number of rotatable bonds is 6. The van der Waals surface area contributed by atoms with Crippen LogP contribution in [0.1, 0.15) is 23.0 Å². The molecule has 8 heteroatoms. The second-order valence-corrected chi connectivity index (χ2v) is 7.91. The molecule has 3 aromatic rings. The second-order valence-electron chi connectivity index (χ2n) is 6.53. The molecule has 1 N–H and O–H groups in total. The van der Waals surface area contributed by atoms with Gasteiger partial charge in [-0.15, -0.1) is 0 Å². The van der Waals surface area contributed by atoms with E-state index in [4.69, 9.17) is 26.5 Å². The van der Waals surface area contributed by atoms with Gasteiger partial charge in [-0.2, -0.15) is 0 Å². The number of benzene rings is 2. The fraction of sp³-hybridized carbons (Fsp3) is 0.0870. The van der Waals surface area contributed by atoms with E-state index in [0.29, 0.717) is 33.7 Å². The molecular formula is C23H17NO5S2. The number of thiocarbonyl (C=S) groups is 1. The minimum Gasteiger partial charge on any atom is -0.494 e. The number of hydrogen-bond acceptors (Lipinski definition) is 6. The lowest BCUT2D eigenvalue weighted by Crippen LogP contribution is -2.26. The van der Waals surface area contributed by atoms with Crippen molar-refractivity contribution < 1.29 is 23.8 Å². The zero-order valence-electron chi connectivity index (χ0n) is 16.4. The van der Waals surface area contributed by atoms with Gasteiger partial charge in [0.15, 0.2) is 0 Å². The topological polar surface area (TPSA) is 80.0 Å². The number of furan rings is 1. The molecule has 1 fully saturated rings. The number of hydrogen-bond donors (Lipinski definition) is 1. The third-order valence-electron chi connectivity index (χ3n) is 4.52. The van der Waals surface area contributed by atoms with Gasteiger partial charge in [-0.05, 0) is 73.3 Å². The van der Waals surface area contributed by atoms with E-state index in [-0.39, 0.29) is 10.8 Å². The van der Waals surface area contributed by atoms with Crippen LogP contribution < -0.4 is 9.64 Å². The third kappa shape index (κ3) is 4.40. The quantitative estimate of drug-likeness (QED) is 0.359. The maximum atomic E-state index is 12.6. The summed E-state index contributed by atoms with van der Waals surface area (Å²) >= 11 is 6.58. The number of carboxylic acids is 1. The number of thioether (sulfide) groups is 1. The van der Waals surface area contributed by atoms with E-state index in [1.165, 1.54) is 17.0 Å². The highest BCUT2D eigenvalue weighted by molar-refractivity contribution is 8.20. The molecule has 0 atom stereocenters. The van der Waals surface area contributed by atoms with Gasteiger partial charge in [0.25, 0.3) is 5.24 Å². The van der Waals surface area contributed by atoms with E-state index in [2.05, 4.69) is 0 Å². The average Bonchev–Trinajstić information content (AvgIpc) is 3.34. The van der Waals surface area contributed by atoms with Crippen molar-refractivity contribution in [1.29, 1.82) is 0 Å². The van der Waals surface area contributed by atoms with Crippen molar-refractivity contribution in [2.45, 2.75) is 6.92 Å². The molecule has 1 aliphatic rings. The summed E-state index contributed by atoms with van der Waals surface area (Å²) in [5.74, 6) is 0.882. The highest BCUT2D eigenvalue weighted by Gasteiger charge is 2.33. The van der Waals surface area contributed by atoms with Crippen molar-refractivity contribution in [2.24, 2.45) is 0 Å². The van der Waals surface area contributed by atoms with Crippen LogP contribution in [0, 0.1) is 0 Å². The Balaban J connectivity index is 1.54. The van der Waals surface area contributed by atoms with E-state index in [0.717, 1.165) is 23.1 Å². The number of ether oxygens (including phenoxy) is 1. The molecule has 0 radical (unpaired) electrons. The molecule has 1 saturated heterocycles. The molecule has 31 heavy (non-hydrogen) atoms. The molecule has 6 nitrogen and oxygen atoms in total. The van der Waals surface area contributed by atoms with Gasteiger partial charge in [-0.25, -0.2) is 4.79 Å². The number of amides is 1. The summed E-state index contributed by atoms with van der Waals surface area (Å²) < 4.78 is 11.3. The molecule has 2 aromatic carbocycles. The highest BCUT2D eigenvalue weighted by atomic mass is 32.2. The fourth-order valence-electron chi connectivity index (χ4n) is 3.04. The first-order valence-corrected chi connectivity index (χ1v) is 10.6. The van der Waals surface area contributed by atoms with E-state index in [1.54, 1.807) is 54.6 Å².